The molecule has 1 aliphatic heterocycles. The average molecular weight is 247 g/mol. The van der Waals surface area contributed by atoms with Gasteiger partial charge in [-0.1, -0.05) is 0 Å². The van der Waals surface area contributed by atoms with Crippen molar-refractivity contribution >= 4 is 0 Å². The monoisotopic (exact) mass is 247 g/mol. The fourth-order valence-corrected chi connectivity index (χ4v) is 5.79. The van der Waals surface area contributed by atoms with Crippen molar-refractivity contribution in [1.29, 1.82) is 0 Å². The van der Waals surface area contributed by atoms with Crippen molar-refractivity contribution in [1.82, 2.24) is 13.9 Å². The van der Waals surface area contributed by atoms with Crippen molar-refractivity contribution in [3.8, 4) is 0 Å². The standard InChI is InChI=1S/C13H17N3O2/c1-14-12(17)15-8-5-9(16(15)13(14)18)11-7-3-2-6(4-7)10(8)11/h6-11H,2-5H2,1H3/t6-,7-,8-,9-,10-,11-/m1/s1. The first kappa shape index (κ1) is 9.64. The molecule has 1 aromatic heterocycles. The van der Waals surface area contributed by atoms with E-state index in [0.29, 0.717) is 23.9 Å². The maximum atomic E-state index is 12.2. The normalized spacial score (nSPS) is 46.7. The Balaban J connectivity index is 1.78. The second kappa shape index (κ2) is 2.68. The number of rotatable bonds is 0. The smallest absolute Gasteiger partial charge is 0.246 e. The van der Waals surface area contributed by atoms with Gasteiger partial charge in [0, 0.05) is 7.05 Å². The topological polar surface area (TPSA) is 48.9 Å². The lowest BCUT2D eigenvalue weighted by atomic mass is 9.78. The molecule has 18 heavy (non-hydrogen) atoms. The maximum absolute atomic E-state index is 12.2. The van der Waals surface area contributed by atoms with Crippen LogP contribution in [0.1, 0.15) is 37.8 Å². The van der Waals surface area contributed by atoms with Gasteiger partial charge in [0.1, 0.15) is 0 Å². The molecular weight excluding hydrogens is 230 g/mol. The van der Waals surface area contributed by atoms with Crippen LogP contribution in [-0.4, -0.2) is 13.9 Å². The van der Waals surface area contributed by atoms with E-state index in [1.807, 2.05) is 0 Å². The van der Waals surface area contributed by atoms with Crippen LogP contribution in [0.5, 0.6) is 0 Å². The number of nitrogens with zero attached hydrogens (tertiary/aromatic N) is 3. The SMILES string of the molecule is Cn1c(=O)n2n(c1=O)[C@@H]1C[C@@H]2[C@H]2[C@@H]3CC[C@H](C3)[C@@H]21. The van der Waals surface area contributed by atoms with Gasteiger partial charge in [0.15, 0.2) is 0 Å². The first-order valence-corrected chi connectivity index (χ1v) is 7.08. The molecule has 5 rings (SSSR count). The lowest BCUT2D eigenvalue weighted by molar-refractivity contribution is 0.127. The summed E-state index contributed by atoms with van der Waals surface area (Å²) in [6.07, 6.45) is 5.08. The summed E-state index contributed by atoms with van der Waals surface area (Å²) < 4.78 is 4.85. The quantitative estimate of drug-likeness (QED) is 0.627. The third-order valence-corrected chi connectivity index (χ3v) is 6.24. The van der Waals surface area contributed by atoms with Crippen molar-refractivity contribution in [2.75, 3.05) is 0 Å². The van der Waals surface area contributed by atoms with Crippen LogP contribution < -0.4 is 11.4 Å². The molecule has 3 fully saturated rings. The van der Waals surface area contributed by atoms with Crippen LogP contribution in [0.3, 0.4) is 0 Å². The number of fused-ring (bicyclic) bond motifs is 12. The van der Waals surface area contributed by atoms with Crippen LogP contribution in [-0.2, 0) is 7.05 Å². The second-order valence-electron chi connectivity index (χ2n) is 6.67. The van der Waals surface area contributed by atoms with Crippen LogP contribution in [0, 0.1) is 23.7 Å². The largest absolute Gasteiger partial charge is 0.347 e. The summed E-state index contributed by atoms with van der Waals surface area (Å²) in [7, 11) is 1.60. The van der Waals surface area contributed by atoms with Crippen molar-refractivity contribution < 1.29 is 0 Å². The van der Waals surface area contributed by atoms with Gasteiger partial charge in [-0.2, -0.15) is 0 Å². The molecule has 1 aromatic rings. The Labute approximate surface area is 104 Å². The third-order valence-electron chi connectivity index (χ3n) is 6.24. The fourth-order valence-electron chi connectivity index (χ4n) is 5.79. The minimum Gasteiger partial charge on any atom is -0.246 e. The summed E-state index contributed by atoms with van der Waals surface area (Å²) in [6.45, 7) is 0. The molecule has 0 amide bonds. The van der Waals surface area contributed by atoms with Gasteiger partial charge in [-0.15, -0.1) is 0 Å². The Morgan fingerprint density at radius 2 is 1.39 bits per heavy atom. The Bertz CT molecular complexity index is 613. The van der Waals surface area contributed by atoms with E-state index in [9.17, 15) is 9.59 Å². The van der Waals surface area contributed by atoms with Gasteiger partial charge >= 0.3 is 11.4 Å². The zero-order chi connectivity index (χ0) is 12.2. The highest BCUT2D eigenvalue weighted by Crippen LogP contribution is 2.66. The summed E-state index contributed by atoms with van der Waals surface area (Å²) in [4.78, 5) is 24.3. The minimum atomic E-state index is -0.103. The predicted molar refractivity (Wildman–Crippen MR) is 64.4 cm³/mol. The number of hydrogen-bond donors (Lipinski definition) is 0. The van der Waals surface area contributed by atoms with Crippen LogP contribution in [0.4, 0.5) is 0 Å². The molecule has 4 aliphatic rings. The minimum absolute atomic E-state index is 0.103. The van der Waals surface area contributed by atoms with Gasteiger partial charge in [0.25, 0.3) is 0 Å². The first-order valence-electron chi connectivity index (χ1n) is 7.08. The summed E-state index contributed by atoms with van der Waals surface area (Å²) >= 11 is 0. The van der Waals surface area contributed by atoms with Gasteiger partial charge in [-0.05, 0) is 49.4 Å². The molecule has 2 heterocycles. The van der Waals surface area contributed by atoms with E-state index < -0.39 is 0 Å². The van der Waals surface area contributed by atoms with Crippen molar-refractivity contribution in [2.45, 2.75) is 37.8 Å². The molecule has 0 spiro atoms. The van der Waals surface area contributed by atoms with Gasteiger partial charge < -0.3 is 0 Å². The molecule has 0 radical (unpaired) electrons. The summed E-state index contributed by atoms with van der Waals surface area (Å²) in [5.41, 5.74) is -0.206. The maximum Gasteiger partial charge on any atom is 0.347 e. The zero-order valence-electron chi connectivity index (χ0n) is 10.5. The highest BCUT2D eigenvalue weighted by atomic mass is 16.2. The molecule has 96 valence electrons. The number of aromatic nitrogens is 3. The first-order chi connectivity index (χ1) is 8.68. The Kier molecular flexibility index (Phi) is 1.43. The molecule has 4 bridgehead atoms. The Hall–Kier alpha value is -1.26. The van der Waals surface area contributed by atoms with Crippen LogP contribution in [0.2, 0.25) is 0 Å². The van der Waals surface area contributed by atoms with Gasteiger partial charge in [0.05, 0.1) is 12.1 Å². The van der Waals surface area contributed by atoms with E-state index in [2.05, 4.69) is 0 Å². The molecule has 5 heteroatoms. The van der Waals surface area contributed by atoms with Crippen molar-refractivity contribution in [2.24, 2.45) is 30.7 Å². The highest BCUT2D eigenvalue weighted by Gasteiger charge is 2.63. The van der Waals surface area contributed by atoms with Crippen molar-refractivity contribution in [3.63, 3.8) is 0 Å². The molecule has 3 aliphatic carbocycles. The van der Waals surface area contributed by atoms with E-state index in [4.69, 9.17) is 0 Å². The second-order valence-corrected chi connectivity index (χ2v) is 6.67. The fraction of sp³-hybridized carbons (Fsp3) is 0.846. The molecule has 0 N–H and O–H groups in total. The average Bonchev–Trinajstić information content (AvgIpc) is 3.11. The molecule has 3 saturated carbocycles. The molecule has 6 atom stereocenters. The molecule has 0 unspecified atom stereocenters. The third kappa shape index (κ3) is 0.780. The van der Waals surface area contributed by atoms with E-state index in [0.717, 1.165) is 18.3 Å². The Morgan fingerprint density at radius 3 is 1.89 bits per heavy atom. The van der Waals surface area contributed by atoms with Gasteiger partial charge in [0.2, 0.25) is 0 Å². The highest BCUT2D eigenvalue weighted by molar-refractivity contribution is 5.12. The lowest BCUT2D eigenvalue weighted by Crippen LogP contribution is -2.39. The van der Waals surface area contributed by atoms with Gasteiger partial charge in [-0.25, -0.2) is 23.5 Å². The van der Waals surface area contributed by atoms with Crippen LogP contribution in [0.15, 0.2) is 9.59 Å². The Morgan fingerprint density at radius 1 is 0.889 bits per heavy atom. The molecule has 0 saturated heterocycles. The van der Waals surface area contributed by atoms with Crippen molar-refractivity contribution in [3.05, 3.63) is 21.0 Å². The summed E-state index contributed by atoms with van der Waals surface area (Å²) in [5, 5.41) is 0. The van der Waals surface area contributed by atoms with E-state index in [-0.39, 0.29) is 11.4 Å². The van der Waals surface area contributed by atoms with Crippen LogP contribution in [0.25, 0.3) is 0 Å². The van der Waals surface area contributed by atoms with E-state index in [1.165, 1.54) is 23.8 Å². The van der Waals surface area contributed by atoms with E-state index >= 15 is 0 Å². The van der Waals surface area contributed by atoms with Crippen LogP contribution >= 0.6 is 0 Å². The predicted octanol–water partition coefficient (Wildman–Crippen LogP) is 0.510. The summed E-state index contributed by atoms with van der Waals surface area (Å²) in [6, 6.07) is 0.633. The number of hydrogen-bond acceptors (Lipinski definition) is 2. The zero-order valence-corrected chi connectivity index (χ0v) is 10.5. The van der Waals surface area contributed by atoms with Gasteiger partial charge in [-0.3, -0.25) is 0 Å². The molecule has 5 nitrogen and oxygen atoms in total. The molecular formula is C13H17N3O2. The van der Waals surface area contributed by atoms with E-state index in [1.54, 1.807) is 16.4 Å². The molecule has 0 aromatic carbocycles. The summed E-state index contributed by atoms with van der Waals surface area (Å²) in [5.74, 6) is 3.03. The lowest BCUT2D eigenvalue weighted by Gasteiger charge is -2.35.